The van der Waals surface area contributed by atoms with E-state index in [4.69, 9.17) is 5.73 Å². The van der Waals surface area contributed by atoms with Crippen LogP contribution in [0.15, 0.2) is 36.7 Å². The summed E-state index contributed by atoms with van der Waals surface area (Å²) in [5, 5.41) is 9.56. The van der Waals surface area contributed by atoms with Gasteiger partial charge in [0.25, 0.3) is 0 Å². The second-order valence-electron chi connectivity index (χ2n) is 4.51. The molecule has 2 rings (SSSR count). The summed E-state index contributed by atoms with van der Waals surface area (Å²) < 4.78 is 1.77. The van der Waals surface area contributed by atoms with Gasteiger partial charge >= 0.3 is 6.03 Å². The molecule has 0 fully saturated rings. The second kappa shape index (κ2) is 5.43. The third-order valence-electron chi connectivity index (χ3n) is 2.53. The molecule has 4 N–H and O–H groups in total. The summed E-state index contributed by atoms with van der Waals surface area (Å²) in [4.78, 5) is 11.8. The van der Waals surface area contributed by atoms with Crippen LogP contribution in [0.2, 0.25) is 0 Å². The number of nitrogen functional groups attached to an aromatic ring is 1. The van der Waals surface area contributed by atoms with Crippen LogP contribution >= 0.6 is 0 Å². The van der Waals surface area contributed by atoms with Gasteiger partial charge in [-0.05, 0) is 32.0 Å². The lowest BCUT2D eigenvalue weighted by Crippen LogP contribution is -2.19. The summed E-state index contributed by atoms with van der Waals surface area (Å²) >= 11 is 0. The van der Waals surface area contributed by atoms with E-state index in [0.29, 0.717) is 17.1 Å². The van der Waals surface area contributed by atoms with Gasteiger partial charge in [-0.25, -0.2) is 4.79 Å². The lowest BCUT2D eigenvalue weighted by atomic mass is 10.3. The van der Waals surface area contributed by atoms with Crippen LogP contribution in [0.4, 0.5) is 21.9 Å². The number of nitrogens with one attached hydrogen (secondary N) is 2. The average molecular weight is 259 g/mol. The molecule has 0 atom stereocenters. The first-order chi connectivity index (χ1) is 9.04. The Hall–Kier alpha value is -2.50. The number of benzene rings is 1. The minimum atomic E-state index is -0.325. The molecular formula is C13H17N5O. The Kier molecular flexibility index (Phi) is 3.70. The van der Waals surface area contributed by atoms with Gasteiger partial charge in [0, 0.05) is 23.6 Å². The molecule has 1 heterocycles. The van der Waals surface area contributed by atoms with Crippen molar-refractivity contribution in [1.82, 2.24) is 9.78 Å². The maximum absolute atomic E-state index is 11.8. The molecule has 0 aliphatic carbocycles. The molecule has 0 saturated heterocycles. The van der Waals surface area contributed by atoms with Crippen LogP contribution in [0.5, 0.6) is 0 Å². The normalized spacial score (nSPS) is 10.5. The van der Waals surface area contributed by atoms with Crippen molar-refractivity contribution < 1.29 is 4.79 Å². The van der Waals surface area contributed by atoms with Gasteiger partial charge in [0.05, 0.1) is 11.9 Å². The maximum atomic E-state index is 11.8. The highest BCUT2D eigenvalue weighted by Crippen LogP contribution is 2.13. The first kappa shape index (κ1) is 12.9. The van der Waals surface area contributed by atoms with Gasteiger partial charge in [-0.2, -0.15) is 5.10 Å². The van der Waals surface area contributed by atoms with Crippen molar-refractivity contribution in [1.29, 1.82) is 0 Å². The number of rotatable bonds is 3. The molecule has 0 aliphatic rings. The summed E-state index contributed by atoms with van der Waals surface area (Å²) in [6.07, 6.45) is 3.39. The van der Waals surface area contributed by atoms with Crippen LogP contribution in [0, 0.1) is 0 Å². The first-order valence-corrected chi connectivity index (χ1v) is 6.02. The number of aromatic nitrogens is 2. The topological polar surface area (TPSA) is 85.0 Å². The van der Waals surface area contributed by atoms with Crippen molar-refractivity contribution in [3.05, 3.63) is 36.7 Å². The molecule has 0 unspecified atom stereocenters. The van der Waals surface area contributed by atoms with Gasteiger partial charge in [-0.1, -0.05) is 6.07 Å². The second-order valence-corrected chi connectivity index (χ2v) is 4.51. The number of hydrogen-bond donors (Lipinski definition) is 3. The van der Waals surface area contributed by atoms with Gasteiger partial charge in [-0.3, -0.25) is 4.68 Å². The van der Waals surface area contributed by atoms with Crippen LogP contribution in [0.3, 0.4) is 0 Å². The number of amides is 2. The maximum Gasteiger partial charge on any atom is 0.323 e. The van der Waals surface area contributed by atoms with Gasteiger partial charge in [0.15, 0.2) is 0 Å². The van der Waals surface area contributed by atoms with Gasteiger partial charge in [0.2, 0.25) is 0 Å². The van der Waals surface area contributed by atoms with Gasteiger partial charge < -0.3 is 16.4 Å². The van der Waals surface area contributed by atoms with Gasteiger partial charge in [-0.15, -0.1) is 0 Å². The molecular weight excluding hydrogens is 242 g/mol. The summed E-state index contributed by atoms with van der Waals surface area (Å²) in [7, 11) is 0. The number of carbonyl (C=O) groups is 1. The Balaban J connectivity index is 1.97. The average Bonchev–Trinajstić information content (AvgIpc) is 2.77. The zero-order chi connectivity index (χ0) is 13.8. The predicted octanol–water partition coefficient (Wildman–Crippen LogP) is 2.69. The number of nitrogens with zero attached hydrogens (tertiary/aromatic N) is 2. The van der Waals surface area contributed by atoms with E-state index in [0.717, 1.165) is 0 Å². The van der Waals surface area contributed by atoms with E-state index in [1.165, 1.54) is 0 Å². The van der Waals surface area contributed by atoms with Crippen molar-refractivity contribution in [2.45, 2.75) is 19.9 Å². The third-order valence-corrected chi connectivity index (χ3v) is 2.53. The Bertz CT molecular complexity index is 576. The van der Waals surface area contributed by atoms with Gasteiger partial charge in [0.1, 0.15) is 0 Å². The minimum Gasteiger partial charge on any atom is -0.399 e. The highest BCUT2D eigenvalue weighted by Gasteiger charge is 2.06. The first-order valence-electron chi connectivity index (χ1n) is 6.02. The number of urea groups is 1. The smallest absolute Gasteiger partial charge is 0.323 e. The lowest BCUT2D eigenvalue weighted by Gasteiger charge is -2.06. The summed E-state index contributed by atoms with van der Waals surface area (Å²) in [6.45, 7) is 4.03. The number of hydrogen-bond acceptors (Lipinski definition) is 3. The Morgan fingerprint density at radius 1 is 1.32 bits per heavy atom. The zero-order valence-electron chi connectivity index (χ0n) is 10.9. The third kappa shape index (κ3) is 3.48. The van der Waals surface area contributed by atoms with E-state index in [-0.39, 0.29) is 12.1 Å². The fourth-order valence-electron chi connectivity index (χ4n) is 1.59. The largest absolute Gasteiger partial charge is 0.399 e. The van der Waals surface area contributed by atoms with Crippen LogP contribution in [0.1, 0.15) is 19.9 Å². The van der Waals surface area contributed by atoms with Crippen LogP contribution in [-0.2, 0) is 0 Å². The highest BCUT2D eigenvalue weighted by atomic mass is 16.2. The number of anilines is 3. The van der Waals surface area contributed by atoms with Crippen LogP contribution < -0.4 is 16.4 Å². The molecule has 0 radical (unpaired) electrons. The van der Waals surface area contributed by atoms with Crippen molar-refractivity contribution in [2.24, 2.45) is 0 Å². The molecule has 1 aromatic heterocycles. The fraction of sp³-hybridized carbons (Fsp3) is 0.231. The lowest BCUT2D eigenvalue weighted by molar-refractivity contribution is 0.262. The molecule has 100 valence electrons. The zero-order valence-corrected chi connectivity index (χ0v) is 10.9. The number of nitrogens with two attached hydrogens (primary N) is 1. The Morgan fingerprint density at radius 2 is 2.05 bits per heavy atom. The SMILES string of the molecule is CC(C)n1cc(NC(=O)Nc2cccc(N)c2)cn1. The molecule has 2 amide bonds. The molecule has 0 spiro atoms. The highest BCUT2D eigenvalue weighted by molar-refractivity contribution is 5.99. The monoisotopic (exact) mass is 259 g/mol. The van der Waals surface area contributed by atoms with Crippen LogP contribution in [0.25, 0.3) is 0 Å². The van der Waals surface area contributed by atoms with E-state index < -0.39 is 0 Å². The summed E-state index contributed by atoms with van der Waals surface area (Å²) in [6, 6.07) is 6.93. The number of carbonyl (C=O) groups excluding carboxylic acids is 1. The molecule has 0 saturated carbocycles. The Morgan fingerprint density at radius 3 is 2.68 bits per heavy atom. The molecule has 1 aromatic carbocycles. The fourth-order valence-corrected chi connectivity index (χ4v) is 1.59. The van der Waals surface area contributed by atoms with Crippen LogP contribution in [-0.4, -0.2) is 15.8 Å². The molecule has 6 nitrogen and oxygen atoms in total. The molecule has 0 bridgehead atoms. The van der Waals surface area contributed by atoms with E-state index in [1.807, 2.05) is 13.8 Å². The minimum absolute atomic E-state index is 0.257. The molecule has 0 aliphatic heterocycles. The summed E-state index contributed by atoms with van der Waals surface area (Å²) in [5.41, 5.74) is 7.54. The van der Waals surface area contributed by atoms with E-state index >= 15 is 0 Å². The predicted molar refractivity (Wildman–Crippen MR) is 76.1 cm³/mol. The van der Waals surface area contributed by atoms with Crippen molar-refractivity contribution in [3.63, 3.8) is 0 Å². The van der Waals surface area contributed by atoms with Crippen molar-refractivity contribution >= 4 is 23.1 Å². The molecule has 6 heteroatoms. The molecule has 19 heavy (non-hydrogen) atoms. The summed E-state index contributed by atoms with van der Waals surface area (Å²) in [5.74, 6) is 0. The standard InChI is InChI=1S/C13H17N5O/c1-9(2)18-8-12(7-15-18)17-13(19)16-11-5-3-4-10(14)6-11/h3-9H,14H2,1-2H3,(H2,16,17,19). The van der Waals surface area contributed by atoms with Crippen molar-refractivity contribution in [3.8, 4) is 0 Å². The van der Waals surface area contributed by atoms with E-state index in [9.17, 15) is 4.79 Å². The Labute approximate surface area is 111 Å². The van der Waals surface area contributed by atoms with Crippen molar-refractivity contribution in [2.75, 3.05) is 16.4 Å². The quantitative estimate of drug-likeness (QED) is 0.741. The van der Waals surface area contributed by atoms with E-state index in [1.54, 1.807) is 41.3 Å². The molecule has 2 aromatic rings. The van der Waals surface area contributed by atoms with E-state index in [2.05, 4.69) is 15.7 Å².